The highest BCUT2D eigenvalue weighted by Crippen LogP contribution is 2.38. The fraction of sp³-hybridized carbons (Fsp3) is 0.500. The van der Waals surface area contributed by atoms with Crippen LogP contribution in [-0.4, -0.2) is 60.4 Å². The standard InChI is InChI=1S/C26H32N4O/c1-19-8-9-21-22(28(19)2)10-11-23-25(21)27-24(14-20-6-4-3-5-7-20)30(23)13-12-29-15-26(16-29)17-31-18-26/h3-7,10-11,19H,8-9,12-18H2,1-2H3. The summed E-state index contributed by atoms with van der Waals surface area (Å²) >= 11 is 0. The van der Waals surface area contributed by atoms with E-state index in [9.17, 15) is 0 Å². The summed E-state index contributed by atoms with van der Waals surface area (Å²) in [6.07, 6.45) is 3.20. The van der Waals surface area contributed by atoms with E-state index < -0.39 is 0 Å². The molecule has 31 heavy (non-hydrogen) atoms. The van der Waals surface area contributed by atoms with Gasteiger partial charge in [-0.3, -0.25) is 0 Å². The summed E-state index contributed by atoms with van der Waals surface area (Å²) in [7, 11) is 2.22. The van der Waals surface area contributed by atoms with Crippen molar-refractivity contribution in [3.05, 3.63) is 59.4 Å². The van der Waals surface area contributed by atoms with E-state index in [2.05, 4.69) is 70.8 Å². The molecule has 0 bridgehead atoms. The van der Waals surface area contributed by atoms with Crippen molar-refractivity contribution in [2.45, 2.75) is 38.8 Å². The summed E-state index contributed by atoms with van der Waals surface area (Å²) < 4.78 is 7.93. The lowest BCUT2D eigenvalue weighted by atomic mass is 9.78. The molecule has 5 heteroatoms. The molecule has 0 saturated carbocycles. The Hall–Kier alpha value is -2.37. The van der Waals surface area contributed by atoms with Gasteiger partial charge in [-0.25, -0.2) is 4.98 Å². The Morgan fingerprint density at radius 1 is 1.06 bits per heavy atom. The van der Waals surface area contributed by atoms with E-state index in [0.717, 1.165) is 39.1 Å². The molecule has 2 fully saturated rings. The van der Waals surface area contributed by atoms with Crippen LogP contribution >= 0.6 is 0 Å². The Balaban J connectivity index is 1.34. The first-order chi connectivity index (χ1) is 15.1. The Bertz CT molecular complexity index is 1090. The van der Waals surface area contributed by atoms with Gasteiger partial charge < -0.3 is 19.1 Å². The number of anilines is 1. The zero-order valence-electron chi connectivity index (χ0n) is 18.7. The van der Waals surface area contributed by atoms with E-state index >= 15 is 0 Å². The minimum absolute atomic E-state index is 0.476. The highest BCUT2D eigenvalue weighted by Gasteiger charge is 2.48. The molecule has 0 N–H and O–H groups in total. The van der Waals surface area contributed by atoms with E-state index in [4.69, 9.17) is 9.72 Å². The maximum Gasteiger partial charge on any atom is 0.114 e. The number of hydrogen-bond donors (Lipinski definition) is 0. The molecule has 2 aromatic carbocycles. The first-order valence-corrected chi connectivity index (χ1v) is 11.7. The highest BCUT2D eigenvalue weighted by atomic mass is 16.5. The van der Waals surface area contributed by atoms with Crippen molar-refractivity contribution in [3.63, 3.8) is 0 Å². The summed E-state index contributed by atoms with van der Waals surface area (Å²) in [5.41, 5.74) is 7.11. The topological polar surface area (TPSA) is 33.5 Å². The normalized spacial score (nSPS) is 22.4. The number of hydrogen-bond acceptors (Lipinski definition) is 4. The number of aryl methyl sites for hydroxylation is 1. The third-order valence-corrected chi connectivity index (χ3v) is 7.71. The number of likely N-dealkylation sites (tertiary alicyclic amines) is 1. The first kappa shape index (κ1) is 19.3. The van der Waals surface area contributed by atoms with E-state index in [0.29, 0.717) is 11.5 Å². The molecule has 6 rings (SSSR count). The lowest BCUT2D eigenvalue weighted by Crippen LogP contribution is -2.66. The molecule has 1 aromatic heterocycles. The lowest BCUT2D eigenvalue weighted by Gasteiger charge is -2.55. The van der Waals surface area contributed by atoms with Gasteiger partial charge in [0.15, 0.2) is 0 Å². The molecular weight excluding hydrogens is 384 g/mol. The fourth-order valence-electron chi connectivity index (χ4n) is 5.68. The van der Waals surface area contributed by atoms with Crippen molar-refractivity contribution in [2.75, 3.05) is 44.8 Å². The molecule has 5 nitrogen and oxygen atoms in total. The van der Waals surface area contributed by atoms with Gasteiger partial charge in [0.05, 0.1) is 24.2 Å². The van der Waals surface area contributed by atoms with Crippen molar-refractivity contribution < 1.29 is 4.74 Å². The average molecular weight is 417 g/mol. The Morgan fingerprint density at radius 2 is 1.87 bits per heavy atom. The van der Waals surface area contributed by atoms with Gasteiger partial charge in [0.2, 0.25) is 0 Å². The zero-order chi connectivity index (χ0) is 21.0. The lowest BCUT2D eigenvalue weighted by molar-refractivity contribution is -0.189. The van der Waals surface area contributed by atoms with Crippen molar-refractivity contribution in [3.8, 4) is 0 Å². The average Bonchev–Trinajstić information content (AvgIpc) is 3.06. The highest BCUT2D eigenvalue weighted by molar-refractivity contribution is 5.86. The number of rotatable bonds is 5. The Morgan fingerprint density at radius 3 is 2.61 bits per heavy atom. The monoisotopic (exact) mass is 416 g/mol. The Kier molecular flexibility index (Phi) is 4.58. The van der Waals surface area contributed by atoms with Crippen LogP contribution in [0.4, 0.5) is 5.69 Å². The van der Waals surface area contributed by atoms with Crippen LogP contribution in [0.2, 0.25) is 0 Å². The summed E-state index contributed by atoms with van der Waals surface area (Å²) in [6.45, 7) is 8.68. The molecule has 0 amide bonds. The third-order valence-electron chi connectivity index (χ3n) is 7.71. The van der Waals surface area contributed by atoms with E-state index in [-0.39, 0.29) is 0 Å². The minimum atomic E-state index is 0.476. The van der Waals surface area contributed by atoms with Gasteiger partial charge in [0.25, 0.3) is 0 Å². The molecule has 162 valence electrons. The van der Waals surface area contributed by atoms with Gasteiger partial charge in [-0.1, -0.05) is 30.3 Å². The van der Waals surface area contributed by atoms with Crippen molar-refractivity contribution >= 4 is 16.7 Å². The van der Waals surface area contributed by atoms with Crippen molar-refractivity contribution in [1.82, 2.24) is 14.5 Å². The second kappa shape index (κ2) is 7.35. The number of fused-ring (bicyclic) bond motifs is 3. The number of imidazole rings is 1. The van der Waals surface area contributed by atoms with Crippen LogP contribution in [0.5, 0.6) is 0 Å². The minimum Gasteiger partial charge on any atom is -0.380 e. The maximum atomic E-state index is 5.45. The van der Waals surface area contributed by atoms with Crippen LogP contribution in [0.15, 0.2) is 42.5 Å². The summed E-state index contributed by atoms with van der Waals surface area (Å²) in [6, 6.07) is 16.0. The second-order valence-electron chi connectivity index (χ2n) is 9.98. The van der Waals surface area contributed by atoms with Crippen LogP contribution in [0.3, 0.4) is 0 Å². The van der Waals surface area contributed by atoms with Gasteiger partial charge in [-0.2, -0.15) is 0 Å². The molecule has 3 aromatic rings. The molecule has 0 aliphatic carbocycles. The third kappa shape index (κ3) is 3.26. The van der Waals surface area contributed by atoms with Gasteiger partial charge in [0, 0.05) is 62.4 Å². The summed E-state index contributed by atoms with van der Waals surface area (Å²) in [5.74, 6) is 1.19. The summed E-state index contributed by atoms with van der Waals surface area (Å²) in [5, 5.41) is 0. The first-order valence-electron chi connectivity index (χ1n) is 11.7. The largest absolute Gasteiger partial charge is 0.380 e. The fourth-order valence-corrected chi connectivity index (χ4v) is 5.68. The molecule has 1 atom stereocenters. The van der Waals surface area contributed by atoms with Crippen LogP contribution in [-0.2, 0) is 24.1 Å². The Labute approximate surface area is 184 Å². The van der Waals surface area contributed by atoms with Gasteiger partial charge in [-0.05, 0) is 37.5 Å². The molecule has 4 heterocycles. The van der Waals surface area contributed by atoms with E-state index in [1.54, 1.807) is 0 Å². The second-order valence-corrected chi connectivity index (χ2v) is 9.98. The van der Waals surface area contributed by atoms with Crippen molar-refractivity contribution in [1.29, 1.82) is 0 Å². The quantitative estimate of drug-likeness (QED) is 0.635. The molecule has 3 aliphatic heterocycles. The number of aromatic nitrogens is 2. The van der Waals surface area contributed by atoms with Crippen LogP contribution < -0.4 is 4.90 Å². The summed E-state index contributed by atoms with van der Waals surface area (Å²) in [4.78, 5) is 10.3. The number of benzene rings is 2. The van der Waals surface area contributed by atoms with Gasteiger partial charge >= 0.3 is 0 Å². The predicted molar refractivity (Wildman–Crippen MR) is 125 cm³/mol. The smallest absolute Gasteiger partial charge is 0.114 e. The predicted octanol–water partition coefficient (Wildman–Crippen LogP) is 3.73. The van der Waals surface area contributed by atoms with Gasteiger partial charge in [-0.15, -0.1) is 0 Å². The zero-order valence-corrected chi connectivity index (χ0v) is 18.7. The maximum absolute atomic E-state index is 5.45. The van der Waals surface area contributed by atoms with E-state index in [1.165, 1.54) is 53.2 Å². The van der Waals surface area contributed by atoms with Gasteiger partial charge in [0.1, 0.15) is 5.82 Å². The molecule has 2 saturated heterocycles. The molecular formula is C26H32N4O. The van der Waals surface area contributed by atoms with Crippen LogP contribution in [0, 0.1) is 5.41 Å². The molecule has 0 radical (unpaired) electrons. The van der Waals surface area contributed by atoms with E-state index in [1.807, 2.05) is 0 Å². The molecule has 1 spiro atoms. The van der Waals surface area contributed by atoms with Crippen LogP contribution in [0.25, 0.3) is 11.0 Å². The number of nitrogens with zero attached hydrogens (tertiary/aromatic N) is 4. The number of ether oxygens (including phenoxy) is 1. The molecule has 3 aliphatic rings. The van der Waals surface area contributed by atoms with Crippen molar-refractivity contribution in [2.24, 2.45) is 5.41 Å². The molecule has 1 unspecified atom stereocenters. The SMILES string of the molecule is CC1CCc2c(ccc3c2nc(Cc2ccccc2)n3CCN2CC3(COC3)C2)N1C. The van der Waals surface area contributed by atoms with Crippen LogP contribution in [0.1, 0.15) is 30.3 Å².